The summed E-state index contributed by atoms with van der Waals surface area (Å²) in [6.07, 6.45) is 0. The topological polar surface area (TPSA) is 125 Å². The molecule has 0 aromatic heterocycles. The Hall–Kier alpha value is -3.22. The molecule has 22 heavy (non-hydrogen) atoms. The number of aromatic hydroxyl groups is 2. The Labute approximate surface area is 126 Å². The second-order valence-corrected chi connectivity index (χ2v) is 4.70. The van der Waals surface area contributed by atoms with Crippen LogP contribution in [0.4, 0.5) is 16.2 Å². The zero-order valence-corrected chi connectivity index (χ0v) is 11.8. The Balaban J connectivity index is 2.17. The molecule has 0 spiro atoms. The first-order valence-electron chi connectivity index (χ1n) is 6.37. The molecule has 0 atom stereocenters. The van der Waals surface area contributed by atoms with E-state index in [-0.39, 0.29) is 28.4 Å². The number of carbonyl (C=O) groups excluding carboxylic acids is 2. The van der Waals surface area contributed by atoms with Gasteiger partial charge in [0.05, 0.1) is 11.4 Å². The summed E-state index contributed by atoms with van der Waals surface area (Å²) in [7, 11) is 0. The number of anilines is 2. The van der Waals surface area contributed by atoms with E-state index in [9.17, 15) is 19.8 Å². The van der Waals surface area contributed by atoms with Crippen molar-refractivity contribution in [1.82, 2.24) is 0 Å². The number of nitrogens with two attached hydrogens (primary N) is 1. The molecule has 6 N–H and O–H groups in total. The van der Waals surface area contributed by atoms with Crippen LogP contribution in [0.15, 0.2) is 36.4 Å². The first-order valence-corrected chi connectivity index (χ1v) is 6.37. The summed E-state index contributed by atoms with van der Waals surface area (Å²) >= 11 is 0. The van der Waals surface area contributed by atoms with Gasteiger partial charge in [0.25, 0.3) is 0 Å². The average Bonchev–Trinajstić information content (AvgIpc) is 2.45. The highest BCUT2D eigenvalue weighted by Crippen LogP contribution is 2.26. The number of hydrogen-bond donors (Lipinski definition) is 5. The number of nitrogens with one attached hydrogen (secondary N) is 2. The minimum Gasteiger partial charge on any atom is -0.506 e. The van der Waals surface area contributed by atoms with E-state index in [1.807, 2.05) is 6.92 Å². The number of phenolic OH excluding ortho intramolecular Hbond substituents is 2. The van der Waals surface area contributed by atoms with Crippen molar-refractivity contribution in [2.75, 3.05) is 10.6 Å². The summed E-state index contributed by atoms with van der Waals surface area (Å²) in [4.78, 5) is 23.0. The molecule has 0 aliphatic carbocycles. The molecule has 114 valence electrons. The number of benzene rings is 2. The predicted molar refractivity (Wildman–Crippen MR) is 82.1 cm³/mol. The van der Waals surface area contributed by atoms with Gasteiger partial charge in [-0.1, -0.05) is 6.07 Å². The van der Waals surface area contributed by atoms with Crippen molar-refractivity contribution in [3.05, 3.63) is 47.5 Å². The SMILES string of the molecule is Cc1ccc(O)c(NC(=O)Nc2cc(C(N)=O)ccc2O)c1. The highest BCUT2D eigenvalue weighted by molar-refractivity contribution is 6.02. The van der Waals surface area contributed by atoms with Crippen molar-refractivity contribution < 1.29 is 19.8 Å². The van der Waals surface area contributed by atoms with Crippen molar-refractivity contribution in [1.29, 1.82) is 0 Å². The summed E-state index contributed by atoms with van der Waals surface area (Å²) in [5, 5.41) is 24.2. The van der Waals surface area contributed by atoms with Gasteiger partial charge in [-0.2, -0.15) is 0 Å². The van der Waals surface area contributed by atoms with Crippen molar-refractivity contribution >= 4 is 23.3 Å². The largest absolute Gasteiger partial charge is 0.506 e. The lowest BCUT2D eigenvalue weighted by Gasteiger charge is -2.11. The van der Waals surface area contributed by atoms with Crippen LogP contribution in [0.1, 0.15) is 15.9 Å². The molecule has 0 radical (unpaired) electrons. The summed E-state index contributed by atoms with van der Waals surface area (Å²) in [5.74, 6) is -0.982. The maximum Gasteiger partial charge on any atom is 0.323 e. The van der Waals surface area contributed by atoms with E-state index in [2.05, 4.69) is 10.6 Å². The lowest BCUT2D eigenvalue weighted by Crippen LogP contribution is -2.20. The average molecular weight is 301 g/mol. The molecule has 0 fully saturated rings. The minimum absolute atomic E-state index is 0.0287. The fourth-order valence-corrected chi connectivity index (χ4v) is 1.82. The maximum absolute atomic E-state index is 11.9. The summed E-state index contributed by atoms with van der Waals surface area (Å²) in [6, 6.07) is 7.91. The number of carbonyl (C=O) groups is 2. The fraction of sp³-hybridized carbons (Fsp3) is 0.0667. The van der Waals surface area contributed by atoms with Gasteiger partial charge in [-0.05, 0) is 42.8 Å². The summed E-state index contributed by atoms with van der Waals surface area (Å²) in [5.41, 5.74) is 6.39. The van der Waals surface area contributed by atoms with E-state index in [0.717, 1.165) is 5.56 Å². The van der Waals surface area contributed by atoms with Gasteiger partial charge in [0.15, 0.2) is 0 Å². The number of amides is 3. The molecule has 3 amide bonds. The molecule has 0 unspecified atom stereocenters. The molecule has 7 nitrogen and oxygen atoms in total. The van der Waals surface area contributed by atoms with E-state index in [1.54, 1.807) is 12.1 Å². The molecule has 0 saturated heterocycles. The number of phenols is 2. The second-order valence-electron chi connectivity index (χ2n) is 4.70. The smallest absolute Gasteiger partial charge is 0.323 e. The van der Waals surface area contributed by atoms with E-state index in [1.165, 1.54) is 24.3 Å². The fourth-order valence-electron chi connectivity index (χ4n) is 1.82. The number of primary amides is 1. The van der Waals surface area contributed by atoms with Crippen LogP contribution in [0.5, 0.6) is 11.5 Å². The third-order valence-corrected chi connectivity index (χ3v) is 2.93. The standard InChI is InChI=1S/C15H15N3O4/c1-8-2-4-12(19)10(6-8)17-15(22)18-11-7-9(14(16)21)3-5-13(11)20/h2-7,19-20H,1H3,(H2,16,21)(H2,17,18,22). The monoisotopic (exact) mass is 301 g/mol. The van der Waals surface area contributed by atoms with E-state index >= 15 is 0 Å². The van der Waals surface area contributed by atoms with Crippen molar-refractivity contribution in [2.24, 2.45) is 5.73 Å². The number of rotatable bonds is 3. The lowest BCUT2D eigenvalue weighted by atomic mass is 10.2. The van der Waals surface area contributed by atoms with Crippen LogP contribution in [-0.4, -0.2) is 22.2 Å². The van der Waals surface area contributed by atoms with Gasteiger partial charge in [0.1, 0.15) is 11.5 Å². The molecule has 0 aliphatic rings. The second kappa shape index (κ2) is 6.04. The minimum atomic E-state index is -0.683. The van der Waals surface area contributed by atoms with E-state index in [4.69, 9.17) is 5.73 Å². The molecule has 0 saturated carbocycles. The van der Waals surface area contributed by atoms with Gasteiger partial charge in [0.2, 0.25) is 5.91 Å². The Kier molecular flexibility index (Phi) is 4.17. The van der Waals surface area contributed by atoms with Crippen LogP contribution in [0.25, 0.3) is 0 Å². The van der Waals surface area contributed by atoms with Crippen LogP contribution in [0.3, 0.4) is 0 Å². The number of urea groups is 1. The molecular formula is C15H15N3O4. The van der Waals surface area contributed by atoms with Crippen LogP contribution in [-0.2, 0) is 0 Å². The van der Waals surface area contributed by atoms with Gasteiger partial charge in [-0.15, -0.1) is 0 Å². The Morgan fingerprint density at radius 2 is 1.50 bits per heavy atom. The number of aryl methyl sites for hydroxylation is 1. The number of hydrogen-bond acceptors (Lipinski definition) is 4. The molecule has 7 heteroatoms. The molecule has 0 aliphatic heterocycles. The molecule has 2 aromatic carbocycles. The molecule has 2 aromatic rings. The third kappa shape index (κ3) is 3.45. The zero-order chi connectivity index (χ0) is 16.3. The Morgan fingerprint density at radius 1 is 0.955 bits per heavy atom. The quantitative estimate of drug-likeness (QED) is 0.557. The molecule has 0 bridgehead atoms. The Morgan fingerprint density at radius 3 is 2.09 bits per heavy atom. The van der Waals surface area contributed by atoms with Gasteiger partial charge < -0.3 is 26.6 Å². The highest BCUT2D eigenvalue weighted by Gasteiger charge is 2.11. The van der Waals surface area contributed by atoms with Crippen LogP contribution >= 0.6 is 0 Å². The van der Waals surface area contributed by atoms with Gasteiger partial charge in [-0.25, -0.2) is 4.79 Å². The third-order valence-electron chi connectivity index (χ3n) is 2.93. The zero-order valence-electron chi connectivity index (χ0n) is 11.8. The maximum atomic E-state index is 11.9. The Bertz CT molecular complexity index is 744. The molecule has 2 rings (SSSR count). The summed E-state index contributed by atoms with van der Waals surface area (Å²) in [6.45, 7) is 1.81. The van der Waals surface area contributed by atoms with Crippen molar-refractivity contribution in [3.8, 4) is 11.5 Å². The predicted octanol–water partition coefficient (Wildman–Crippen LogP) is 2.15. The van der Waals surface area contributed by atoms with E-state index in [0.29, 0.717) is 0 Å². The van der Waals surface area contributed by atoms with E-state index < -0.39 is 11.9 Å². The van der Waals surface area contributed by atoms with Crippen molar-refractivity contribution in [2.45, 2.75) is 6.92 Å². The molecule has 0 heterocycles. The molecular weight excluding hydrogens is 286 g/mol. The lowest BCUT2D eigenvalue weighted by molar-refractivity contribution is 0.100. The van der Waals surface area contributed by atoms with Crippen molar-refractivity contribution in [3.63, 3.8) is 0 Å². The normalized spacial score (nSPS) is 10.0. The van der Waals surface area contributed by atoms with Crippen LogP contribution in [0.2, 0.25) is 0 Å². The summed E-state index contributed by atoms with van der Waals surface area (Å²) < 4.78 is 0. The first-order chi connectivity index (χ1) is 10.4. The van der Waals surface area contributed by atoms with Gasteiger partial charge in [-0.3, -0.25) is 4.79 Å². The van der Waals surface area contributed by atoms with Crippen LogP contribution < -0.4 is 16.4 Å². The highest BCUT2D eigenvalue weighted by atomic mass is 16.3. The van der Waals surface area contributed by atoms with Gasteiger partial charge >= 0.3 is 6.03 Å². The van der Waals surface area contributed by atoms with Gasteiger partial charge in [0, 0.05) is 5.56 Å². The first kappa shape index (κ1) is 15.2. The van der Waals surface area contributed by atoms with Crippen LogP contribution in [0, 0.1) is 6.92 Å².